The molecule has 1 aliphatic heterocycles. The van der Waals surface area contributed by atoms with Crippen molar-refractivity contribution in [3.63, 3.8) is 0 Å². The standard InChI is InChI=1S/C23H22ClF3N4O3/c1-33-15-7-3-13(4-8-15)12-28-22(32)20-19(24)21-29-17(14-5-9-16(34-2)10-6-14)11-18(23(25,26)27)31(21)30-20/h3-10,17-18,29H,11-12H2,1-2H3,(H,28,32)/t17-,18-/m1/s1. The number of carbonyl (C=O) groups is 1. The minimum atomic E-state index is -4.59. The van der Waals surface area contributed by atoms with Gasteiger partial charge in [0.1, 0.15) is 22.3 Å². The van der Waals surface area contributed by atoms with E-state index in [4.69, 9.17) is 21.1 Å². The molecule has 1 aliphatic rings. The number of hydrogen-bond donors (Lipinski definition) is 2. The molecule has 0 bridgehead atoms. The molecule has 7 nitrogen and oxygen atoms in total. The molecule has 34 heavy (non-hydrogen) atoms. The maximum Gasteiger partial charge on any atom is 0.410 e. The van der Waals surface area contributed by atoms with E-state index < -0.39 is 24.2 Å². The van der Waals surface area contributed by atoms with Gasteiger partial charge in [-0.3, -0.25) is 4.79 Å². The lowest BCUT2D eigenvalue weighted by Gasteiger charge is -2.33. The summed E-state index contributed by atoms with van der Waals surface area (Å²) in [5.41, 5.74) is 1.13. The van der Waals surface area contributed by atoms with Gasteiger partial charge in [0.25, 0.3) is 5.91 Å². The van der Waals surface area contributed by atoms with Gasteiger partial charge in [-0.15, -0.1) is 0 Å². The first-order chi connectivity index (χ1) is 16.2. The monoisotopic (exact) mass is 494 g/mol. The lowest BCUT2D eigenvalue weighted by molar-refractivity contribution is -0.173. The number of fused-ring (bicyclic) bond motifs is 1. The normalized spacial score (nSPS) is 17.5. The fraction of sp³-hybridized carbons (Fsp3) is 0.304. The minimum Gasteiger partial charge on any atom is -0.497 e. The molecular weight excluding hydrogens is 473 g/mol. The minimum absolute atomic E-state index is 0.0503. The number of hydrogen-bond acceptors (Lipinski definition) is 5. The number of carbonyl (C=O) groups excluding carboxylic acids is 1. The van der Waals surface area contributed by atoms with Crippen molar-refractivity contribution in [2.45, 2.75) is 31.2 Å². The topological polar surface area (TPSA) is 77.4 Å². The number of nitrogens with one attached hydrogen (secondary N) is 2. The summed E-state index contributed by atoms with van der Waals surface area (Å²) in [6.07, 6.45) is -4.90. The van der Waals surface area contributed by atoms with Crippen molar-refractivity contribution >= 4 is 23.3 Å². The number of methoxy groups -OCH3 is 2. The molecule has 2 heterocycles. The first-order valence-corrected chi connectivity index (χ1v) is 10.8. The SMILES string of the molecule is COc1ccc(CNC(=O)c2nn3c(c2Cl)N[C@@H](c2ccc(OC)cc2)C[C@@H]3C(F)(F)F)cc1. The van der Waals surface area contributed by atoms with E-state index in [-0.39, 0.29) is 29.5 Å². The summed E-state index contributed by atoms with van der Waals surface area (Å²) in [5, 5.41) is 9.44. The highest BCUT2D eigenvalue weighted by atomic mass is 35.5. The molecule has 0 spiro atoms. The summed E-state index contributed by atoms with van der Waals surface area (Å²) in [7, 11) is 3.05. The first-order valence-electron chi connectivity index (χ1n) is 10.4. The number of anilines is 1. The van der Waals surface area contributed by atoms with Crippen molar-refractivity contribution in [3.8, 4) is 11.5 Å². The summed E-state index contributed by atoms with van der Waals surface area (Å²) in [4.78, 5) is 12.7. The van der Waals surface area contributed by atoms with Gasteiger partial charge in [0.15, 0.2) is 11.7 Å². The smallest absolute Gasteiger partial charge is 0.410 e. The summed E-state index contributed by atoms with van der Waals surface area (Å²) in [6.45, 7) is 0.145. The molecule has 0 fully saturated rings. The number of alkyl halides is 3. The molecule has 3 aromatic rings. The molecule has 0 unspecified atom stereocenters. The van der Waals surface area contributed by atoms with E-state index in [0.29, 0.717) is 17.1 Å². The summed E-state index contributed by atoms with van der Waals surface area (Å²) < 4.78 is 52.8. The lowest BCUT2D eigenvalue weighted by atomic mass is 9.97. The van der Waals surface area contributed by atoms with E-state index >= 15 is 0 Å². The van der Waals surface area contributed by atoms with Gasteiger partial charge in [-0.1, -0.05) is 35.9 Å². The van der Waals surface area contributed by atoms with Crippen LogP contribution < -0.4 is 20.1 Å². The number of ether oxygens (including phenoxy) is 2. The summed E-state index contributed by atoms with van der Waals surface area (Å²) in [6, 6.07) is 11.1. The lowest BCUT2D eigenvalue weighted by Crippen LogP contribution is -2.35. The Morgan fingerprint density at radius 2 is 1.71 bits per heavy atom. The Balaban J connectivity index is 1.59. The zero-order valence-electron chi connectivity index (χ0n) is 18.3. The molecule has 2 atom stereocenters. The molecule has 2 N–H and O–H groups in total. The second kappa shape index (κ2) is 9.46. The molecule has 0 radical (unpaired) electrons. The number of rotatable bonds is 6. The predicted octanol–water partition coefficient (Wildman–Crippen LogP) is 5.14. The first kappa shape index (κ1) is 23.7. The van der Waals surface area contributed by atoms with Crippen LogP contribution >= 0.6 is 11.6 Å². The van der Waals surface area contributed by atoms with Crippen LogP contribution in [0.3, 0.4) is 0 Å². The van der Waals surface area contributed by atoms with Crippen molar-refractivity contribution in [1.82, 2.24) is 15.1 Å². The van der Waals surface area contributed by atoms with Crippen molar-refractivity contribution in [1.29, 1.82) is 0 Å². The largest absolute Gasteiger partial charge is 0.497 e. The Bertz CT molecular complexity index is 1160. The molecule has 180 valence electrons. The molecule has 1 aromatic heterocycles. The quantitative estimate of drug-likeness (QED) is 0.496. The average molecular weight is 495 g/mol. The Hall–Kier alpha value is -3.40. The maximum absolute atomic E-state index is 13.9. The Kier molecular flexibility index (Phi) is 6.60. The molecule has 2 aromatic carbocycles. The molecular formula is C23H22ClF3N4O3. The van der Waals surface area contributed by atoms with Gasteiger partial charge in [0.05, 0.1) is 20.3 Å². The Labute approximate surface area is 198 Å². The Morgan fingerprint density at radius 3 is 2.26 bits per heavy atom. The van der Waals surface area contributed by atoms with Crippen LogP contribution in [0.15, 0.2) is 48.5 Å². The van der Waals surface area contributed by atoms with Crippen molar-refractivity contribution in [2.75, 3.05) is 19.5 Å². The number of aromatic nitrogens is 2. The zero-order chi connectivity index (χ0) is 24.5. The summed E-state index contributed by atoms with van der Waals surface area (Å²) in [5.74, 6) is 0.526. The van der Waals surface area contributed by atoms with Crippen LogP contribution in [0.2, 0.25) is 5.02 Å². The number of amides is 1. The van der Waals surface area contributed by atoms with Gasteiger partial charge in [-0.05, 0) is 35.4 Å². The fourth-order valence-corrected chi connectivity index (χ4v) is 4.06. The zero-order valence-corrected chi connectivity index (χ0v) is 19.1. The van der Waals surface area contributed by atoms with Gasteiger partial charge in [0.2, 0.25) is 0 Å². The van der Waals surface area contributed by atoms with E-state index in [2.05, 4.69) is 15.7 Å². The predicted molar refractivity (Wildman–Crippen MR) is 120 cm³/mol. The van der Waals surface area contributed by atoms with Gasteiger partial charge in [-0.2, -0.15) is 18.3 Å². The van der Waals surface area contributed by atoms with Gasteiger partial charge in [0, 0.05) is 13.0 Å². The Morgan fingerprint density at radius 1 is 1.12 bits per heavy atom. The summed E-state index contributed by atoms with van der Waals surface area (Å²) >= 11 is 6.36. The van der Waals surface area contributed by atoms with E-state index in [1.165, 1.54) is 7.11 Å². The fourth-order valence-electron chi connectivity index (χ4n) is 3.80. The average Bonchev–Trinajstić information content (AvgIpc) is 3.18. The van der Waals surface area contributed by atoms with Crippen LogP contribution in [0.1, 0.15) is 40.1 Å². The van der Waals surface area contributed by atoms with Crippen LogP contribution in [-0.4, -0.2) is 36.1 Å². The second-order valence-corrected chi connectivity index (χ2v) is 8.13. The van der Waals surface area contributed by atoms with Gasteiger partial charge < -0.3 is 20.1 Å². The molecule has 4 rings (SSSR count). The van der Waals surface area contributed by atoms with E-state index in [1.54, 1.807) is 55.6 Å². The van der Waals surface area contributed by atoms with E-state index in [1.807, 2.05) is 0 Å². The number of halogens is 4. The number of nitrogens with zero attached hydrogens (tertiary/aromatic N) is 2. The highest BCUT2D eigenvalue weighted by Crippen LogP contribution is 2.46. The van der Waals surface area contributed by atoms with Crippen LogP contribution in [0.5, 0.6) is 11.5 Å². The molecule has 1 amide bonds. The van der Waals surface area contributed by atoms with E-state index in [0.717, 1.165) is 10.2 Å². The highest BCUT2D eigenvalue weighted by Gasteiger charge is 2.47. The highest BCUT2D eigenvalue weighted by molar-refractivity contribution is 6.36. The third kappa shape index (κ3) is 4.77. The van der Waals surface area contributed by atoms with E-state index in [9.17, 15) is 18.0 Å². The van der Waals surface area contributed by atoms with Gasteiger partial charge in [-0.25, -0.2) is 4.68 Å². The van der Waals surface area contributed by atoms with Crippen molar-refractivity contribution in [3.05, 3.63) is 70.4 Å². The second-order valence-electron chi connectivity index (χ2n) is 7.75. The van der Waals surface area contributed by atoms with Crippen molar-refractivity contribution < 1.29 is 27.4 Å². The van der Waals surface area contributed by atoms with Gasteiger partial charge >= 0.3 is 6.18 Å². The third-order valence-electron chi connectivity index (χ3n) is 5.64. The molecule has 0 saturated carbocycles. The molecule has 11 heteroatoms. The van der Waals surface area contributed by atoms with Crippen molar-refractivity contribution in [2.24, 2.45) is 0 Å². The molecule has 0 aliphatic carbocycles. The number of benzene rings is 2. The van der Waals surface area contributed by atoms with Crippen LogP contribution in [0.4, 0.5) is 19.0 Å². The third-order valence-corrected chi connectivity index (χ3v) is 6.00. The van der Waals surface area contributed by atoms with Crippen LogP contribution in [0, 0.1) is 0 Å². The maximum atomic E-state index is 13.9. The van der Waals surface area contributed by atoms with Crippen LogP contribution in [0.25, 0.3) is 0 Å². The van der Waals surface area contributed by atoms with Crippen LogP contribution in [-0.2, 0) is 6.54 Å². The molecule has 0 saturated heterocycles.